The zero-order valence-corrected chi connectivity index (χ0v) is 28.6. The maximum Gasteiger partial charge on any atom is 0.0722 e. The average Bonchev–Trinajstić information content (AvgIpc) is 3.84. The summed E-state index contributed by atoms with van der Waals surface area (Å²) < 4.78 is 4.60. The molecule has 3 heteroatoms. The van der Waals surface area contributed by atoms with E-state index in [-0.39, 0.29) is 0 Å². The van der Waals surface area contributed by atoms with E-state index in [0.29, 0.717) is 0 Å². The molecular weight excluding hydrogens is 595 g/mol. The van der Waals surface area contributed by atoms with E-state index in [1.54, 1.807) is 0 Å². The molecule has 0 radical (unpaired) electrons. The fourth-order valence-corrected chi connectivity index (χ4v) is 8.48. The number of aromatic nitrogens is 3. The normalized spacial score (nSPS) is 13.9. The van der Waals surface area contributed by atoms with Crippen molar-refractivity contribution in [2.24, 2.45) is 0 Å². The third-order valence-electron chi connectivity index (χ3n) is 11.6. The van der Waals surface area contributed by atoms with Crippen LogP contribution in [0, 0.1) is 27.7 Å². The molecule has 3 nitrogen and oxygen atoms in total. The van der Waals surface area contributed by atoms with Crippen LogP contribution in [-0.4, -0.2) is 14.3 Å². The van der Waals surface area contributed by atoms with Crippen LogP contribution in [0.2, 0.25) is 0 Å². The van der Waals surface area contributed by atoms with Crippen LogP contribution in [0.25, 0.3) is 66.6 Å². The van der Waals surface area contributed by atoms with Crippen molar-refractivity contribution in [3.8, 4) is 22.3 Å². The first-order chi connectivity index (χ1) is 23.9. The van der Waals surface area contributed by atoms with Gasteiger partial charge in [0.05, 0.1) is 11.0 Å². The lowest BCUT2D eigenvalue weighted by Gasteiger charge is -2.21. The number of benzene rings is 5. The van der Waals surface area contributed by atoms with Crippen LogP contribution in [0.1, 0.15) is 56.6 Å². The van der Waals surface area contributed by atoms with E-state index in [4.69, 9.17) is 0 Å². The van der Waals surface area contributed by atoms with E-state index in [1.807, 2.05) is 0 Å². The van der Waals surface area contributed by atoms with Gasteiger partial charge in [0.15, 0.2) is 0 Å². The molecular formula is C46H39N3. The molecule has 8 aromatic rings. The van der Waals surface area contributed by atoms with Gasteiger partial charge in [-0.3, -0.25) is 4.68 Å². The summed E-state index contributed by atoms with van der Waals surface area (Å²) >= 11 is 0. The molecule has 3 heterocycles. The highest BCUT2D eigenvalue weighted by Gasteiger charge is 2.24. The van der Waals surface area contributed by atoms with Crippen molar-refractivity contribution in [2.75, 3.05) is 0 Å². The second-order valence-corrected chi connectivity index (χ2v) is 14.5. The van der Waals surface area contributed by atoms with Crippen LogP contribution >= 0.6 is 0 Å². The zero-order chi connectivity index (χ0) is 33.0. The van der Waals surface area contributed by atoms with Crippen LogP contribution in [0.15, 0.2) is 103 Å². The lowest BCUT2D eigenvalue weighted by molar-refractivity contribution is 0.718. The van der Waals surface area contributed by atoms with Gasteiger partial charge in [-0.2, -0.15) is 0 Å². The van der Waals surface area contributed by atoms with Gasteiger partial charge in [-0.1, -0.05) is 42.5 Å². The number of aromatic amines is 1. The molecule has 0 aliphatic heterocycles. The molecule has 238 valence electrons. The van der Waals surface area contributed by atoms with Crippen molar-refractivity contribution < 1.29 is 0 Å². The molecule has 0 spiro atoms. The smallest absolute Gasteiger partial charge is 0.0722 e. The standard InChI is InChI=1S/C46H39N3/c1-27-7-9-31(19-29(27)3)33-13-15-43-39(21-33)40-23-35-11-12-36-24-42-41-22-34(32-10-8-28(2)30(4)20-32)14-16-45(41)49(48-17-5-6-18-48)46(42)26-38(36)37(35)25-44(40)47-43/h5-10,14,16-26,47H,11-13,15H2,1-4H3. The van der Waals surface area contributed by atoms with E-state index < -0.39 is 0 Å². The molecule has 1 N–H and O–H groups in total. The van der Waals surface area contributed by atoms with Crippen molar-refractivity contribution >= 4 is 44.4 Å². The van der Waals surface area contributed by atoms with Crippen LogP contribution in [-0.2, 0) is 19.3 Å². The Morgan fingerprint density at radius 2 is 1.16 bits per heavy atom. The van der Waals surface area contributed by atoms with Gasteiger partial charge >= 0.3 is 0 Å². The molecule has 0 bridgehead atoms. The Balaban J connectivity index is 1.14. The third kappa shape index (κ3) is 4.35. The minimum Gasteiger partial charge on any atom is -0.358 e. The predicted molar refractivity (Wildman–Crippen MR) is 206 cm³/mol. The number of hydrogen-bond acceptors (Lipinski definition) is 0. The fraction of sp³-hybridized carbons (Fsp3) is 0.174. The number of nitrogens with zero attached hydrogens (tertiary/aromatic N) is 2. The van der Waals surface area contributed by atoms with Crippen LogP contribution < -0.4 is 0 Å². The maximum atomic E-state index is 3.86. The van der Waals surface area contributed by atoms with Crippen molar-refractivity contribution in [1.82, 2.24) is 14.3 Å². The van der Waals surface area contributed by atoms with Crippen LogP contribution in [0.5, 0.6) is 0 Å². The molecule has 10 rings (SSSR count). The molecule has 5 aromatic carbocycles. The number of fused-ring (bicyclic) bond motifs is 9. The fourth-order valence-electron chi connectivity index (χ4n) is 8.48. The summed E-state index contributed by atoms with van der Waals surface area (Å²) in [5.74, 6) is 0. The van der Waals surface area contributed by atoms with Gasteiger partial charge in [-0.05, 0) is 175 Å². The molecule has 0 unspecified atom stereocenters. The third-order valence-corrected chi connectivity index (χ3v) is 11.6. The van der Waals surface area contributed by atoms with Gasteiger partial charge in [0.25, 0.3) is 0 Å². The highest BCUT2D eigenvalue weighted by Crippen LogP contribution is 2.43. The van der Waals surface area contributed by atoms with E-state index in [0.717, 1.165) is 25.7 Å². The summed E-state index contributed by atoms with van der Waals surface area (Å²) in [7, 11) is 0. The van der Waals surface area contributed by atoms with Crippen LogP contribution in [0.3, 0.4) is 0 Å². The highest BCUT2D eigenvalue weighted by molar-refractivity contribution is 6.11. The van der Waals surface area contributed by atoms with E-state index in [9.17, 15) is 0 Å². The minimum atomic E-state index is 1.05. The number of H-pyrrole nitrogens is 1. The summed E-state index contributed by atoms with van der Waals surface area (Å²) in [5.41, 5.74) is 22.8. The number of rotatable bonds is 3. The van der Waals surface area contributed by atoms with Crippen LogP contribution in [0.4, 0.5) is 0 Å². The summed E-state index contributed by atoms with van der Waals surface area (Å²) in [6, 6.07) is 34.8. The number of hydrogen-bond donors (Lipinski definition) is 1. The quantitative estimate of drug-likeness (QED) is 0.200. The molecule has 0 atom stereocenters. The van der Waals surface area contributed by atoms with Gasteiger partial charge in [-0.25, -0.2) is 4.68 Å². The van der Waals surface area contributed by atoms with Gasteiger partial charge in [0, 0.05) is 45.3 Å². The summed E-state index contributed by atoms with van der Waals surface area (Å²) in [5, 5.41) is 3.98. The molecule has 2 aliphatic rings. The number of nitrogens with one attached hydrogen (secondary N) is 1. The summed E-state index contributed by atoms with van der Waals surface area (Å²) in [6.07, 6.45) is 11.0. The molecule has 2 aliphatic carbocycles. The van der Waals surface area contributed by atoms with Gasteiger partial charge in [-0.15, -0.1) is 0 Å². The van der Waals surface area contributed by atoms with Crippen molar-refractivity contribution in [1.29, 1.82) is 0 Å². The Hall–Kier alpha value is -5.54. The molecule has 0 saturated carbocycles. The predicted octanol–water partition coefficient (Wildman–Crippen LogP) is 11.5. The zero-order valence-electron chi connectivity index (χ0n) is 28.6. The second kappa shape index (κ2) is 10.5. The van der Waals surface area contributed by atoms with Crippen molar-refractivity contribution in [3.63, 3.8) is 0 Å². The Morgan fingerprint density at radius 3 is 1.92 bits per heavy atom. The Morgan fingerprint density at radius 1 is 0.531 bits per heavy atom. The average molecular weight is 634 g/mol. The lowest BCUT2D eigenvalue weighted by atomic mass is 9.83. The summed E-state index contributed by atoms with van der Waals surface area (Å²) in [4.78, 5) is 3.86. The molecule has 3 aromatic heterocycles. The molecule has 0 fully saturated rings. The van der Waals surface area contributed by atoms with Crippen molar-refractivity contribution in [3.05, 3.63) is 154 Å². The topological polar surface area (TPSA) is 25.6 Å². The number of aryl methyl sites for hydroxylation is 7. The first-order valence-electron chi connectivity index (χ1n) is 17.7. The Kier molecular flexibility index (Phi) is 6.09. The SMILES string of the molecule is Cc1ccc(C2=Cc3c([nH]c4cc5c(cc34)CCc3cc4c6cc(-c7ccc(C)c(C)c7)ccc6n(-n6cccc6)c4cc3-5)CC2)cc1C. The molecule has 49 heavy (non-hydrogen) atoms. The highest BCUT2D eigenvalue weighted by atomic mass is 15.4. The summed E-state index contributed by atoms with van der Waals surface area (Å²) in [6.45, 7) is 8.81. The van der Waals surface area contributed by atoms with Gasteiger partial charge < -0.3 is 4.98 Å². The molecule has 0 amide bonds. The van der Waals surface area contributed by atoms with Gasteiger partial charge in [0.1, 0.15) is 0 Å². The van der Waals surface area contributed by atoms with E-state index >= 15 is 0 Å². The van der Waals surface area contributed by atoms with Gasteiger partial charge in [0.2, 0.25) is 0 Å². The minimum absolute atomic E-state index is 1.05. The van der Waals surface area contributed by atoms with Crippen molar-refractivity contribution in [2.45, 2.75) is 53.4 Å². The first-order valence-corrected chi connectivity index (χ1v) is 17.7. The lowest BCUT2D eigenvalue weighted by Crippen LogP contribution is -2.07. The number of allylic oxidation sites excluding steroid dienone is 1. The Bertz CT molecular complexity index is 2690. The monoisotopic (exact) mass is 633 g/mol. The maximum absolute atomic E-state index is 3.86. The largest absolute Gasteiger partial charge is 0.358 e. The Labute approximate surface area is 287 Å². The van der Waals surface area contributed by atoms with E-state index in [1.165, 1.54) is 111 Å². The van der Waals surface area contributed by atoms with E-state index in [2.05, 4.69) is 151 Å². The molecule has 0 saturated heterocycles. The first kappa shape index (κ1) is 28.5. The second-order valence-electron chi connectivity index (χ2n) is 14.5.